The zero-order valence-electron chi connectivity index (χ0n) is 16.8. The number of methoxy groups -OCH3 is 1. The SMILES string of the molecule is COC1[C@H](OSOOO)C(CO)O[C@@H](O[C@@H]2C(COS(=O)(=O)O)O[C@@H](C)[C@@H](O)C2O)[C@H]1O. The van der Waals surface area contributed by atoms with Gasteiger partial charge in [-0.15, -0.1) is 4.33 Å². The van der Waals surface area contributed by atoms with Gasteiger partial charge in [0.15, 0.2) is 18.6 Å². The zero-order chi connectivity index (χ0) is 24.1. The van der Waals surface area contributed by atoms with E-state index in [1.807, 2.05) is 0 Å². The van der Waals surface area contributed by atoms with Gasteiger partial charge in [0.05, 0.1) is 19.3 Å². The Labute approximate surface area is 187 Å². The lowest BCUT2D eigenvalue weighted by Crippen LogP contribution is -2.64. The first kappa shape index (κ1) is 28.0. The number of hydrogen-bond donors (Lipinski definition) is 6. The first-order chi connectivity index (χ1) is 15.0. The van der Waals surface area contributed by atoms with Crippen molar-refractivity contribution in [3.8, 4) is 0 Å². The van der Waals surface area contributed by atoms with Crippen LogP contribution in [0.15, 0.2) is 0 Å². The molecule has 0 radical (unpaired) electrons. The Morgan fingerprint density at radius 1 is 1.00 bits per heavy atom. The third-order valence-electron chi connectivity index (χ3n) is 4.87. The number of aliphatic hydroxyl groups excluding tert-OH is 4. The number of rotatable bonds is 11. The largest absolute Gasteiger partial charge is 0.397 e. The van der Waals surface area contributed by atoms with Crippen molar-refractivity contribution in [1.82, 2.24) is 0 Å². The molecule has 0 saturated carbocycles. The fourth-order valence-electron chi connectivity index (χ4n) is 3.35. The molecule has 2 aliphatic heterocycles. The van der Waals surface area contributed by atoms with Crippen LogP contribution in [0.25, 0.3) is 0 Å². The van der Waals surface area contributed by atoms with Crippen LogP contribution in [0.4, 0.5) is 0 Å². The Hall–Kier alpha value is -0.260. The summed E-state index contributed by atoms with van der Waals surface area (Å²) in [6.45, 7) is -0.0498. The van der Waals surface area contributed by atoms with Crippen LogP contribution < -0.4 is 0 Å². The van der Waals surface area contributed by atoms with Crippen LogP contribution in [0.5, 0.6) is 0 Å². The van der Waals surface area contributed by atoms with Crippen molar-refractivity contribution >= 4 is 22.7 Å². The maximum absolute atomic E-state index is 10.9. The lowest BCUT2D eigenvalue weighted by molar-refractivity contribution is -0.435. The molecular formula is C14H26O16S2. The van der Waals surface area contributed by atoms with Crippen molar-refractivity contribution in [3.63, 3.8) is 0 Å². The molecule has 2 aliphatic rings. The molecule has 2 rings (SSSR count). The van der Waals surface area contributed by atoms with Gasteiger partial charge in [-0.25, -0.2) is 9.44 Å². The Morgan fingerprint density at radius 3 is 2.25 bits per heavy atom. The molecule has 4 unspecified atom stereocenters. The molecule has 0 spiro atoms. The summed E-state index contributed by atoms with van der Waals surface area (Å²) in [6, 6.07) is 0. The summed E-state index contributed by atoms with van der Waals surface area (Å²) in [4.78, 5) is 0. The molecule has 16 nitrogen and oxygen atoms in total. The molecule has 0 bridgehead atoms. The summed E-state index contributed by atoms with van der Waals surface area (Å²) in [5.41, 5.74) is 0. The lowest BCUT2D eigenvalue weighted by atomic mass is 9.95. The summed E-state index contributed by atoms with van der Waals surface area (Å²) >= 11 is 0.162. The van der Waals surface area contributed by atoms with E-state index in [2.05, 4.69) is 13.6 Å². The van der Waals surface area contributed by atoms with E-state index < -0.39 is 84.8 Å². The molecule has 0 aromatic rings. The van der Waals surface area contributed by atoms with E-state index in [1.54, 1.807) is 0 Å². The maximum Gasteiger partial charge on any atom is 0.397 e. The van der Waals surface area contributed by atoms with Gasteiger partial charge in [0.2, 0.25) is 0 Å². The number of aliphatic hydroxyl groups is 4. The van der Waals surface area contributed by atoms with Gasteiger partial charge in [-0.05, 0) is 6.92 Å². The van der Waals surface area contributed by atoms with Gasteiger partial charge in [0.25, 0.3) is 0 Å². The summed E-state index contributed by atoms with van der Waals surface area (Å²) < 4.78 is 65.8. The molecule has 2 fully saturated rings. The molecule has 2 saturated heterocycles. The van der Waals surface area contributed by atoms with E-state index in [0.29, 0.717) is 0 Å². The highest BCUT2D eigenvalue weighted by atomic mass is 32.3. The Kier molecular flexibility index (Phi) is 10.9. The average Bonchev–Trinajstić information content (AvgIpc) is 2.74. The first-order valence-electron chi connectivity index (χ1n) is 9.10. The topological polar surface area (TPSA) is 229 Å². The summed E-state index contributed by atoms with van der Waals surface area (Å²) in [5, 5.41) is 52.4. The van der Waals surface area contributed by atoms with E-state index in [1.165, 1.54) is 14.0 Å². The van der Waals surface area contributed by atoms with Crippen molar-refractivity contribution in [2.75, 3.05) is 20.3 Å². The zero-order valence-corrected chi connectivity index (χ0v) is 18.4. The van der Waals surface area contributed by atoms with E-state index in [9.17, 15) is 28.8 Å². The number of hydrogen-bond acceptors (Lipinski definition) is 16. The Bertz CT molecular complexity index is 665. The van der Waals surface area contributed by atoms with E-state index in [0.717, 1.165) is 0 Å². The third-order valence-corrected chi connectivity index (χ3v) is 5.72. The molecule has 0 amide bonds. The second-order valence-electron chi connectivity index (χ2n) is 6.86. The van der Waals surface area contributed by atoms with Gasteiger partial charge in [-0.3, -0.25) is 8.74 Å². The van der Waals surface area contributed by atoms with Gasteiger partial charge in [-0.1, -0.05) is 5.04 Å². The minimum Gasteiger partial charge on any atom is -0.394 e. The molecule has 0 aromatic carbocycles. The van der Waals surface area contributed by atoms with Crippen molar-refractivity contribution < 1.29 is 75.3 Å². The molecule has 32 heavy (non-hydrogen) atoms. The van der Waals surface area contributed by atoms with Gasteiger partial charge in [0, 0.05) is 7.11 Å². The van der Waals surface area contributed by atoms with E-state index in [-0.39, 0.29) is 12.3 Å². The van der Waals surface area contributed by atoms with Crippen molar-refractivity contribution in [3.05, 3.63) is 0 Å². The molecule has 0 aliphatic carbocycles. The predicted octanol–water partition coefficient (Wildman–Crippen LogP) is -2.84. The lowest BCUT2D eigenvalue weighted by Gasteiger charge is -2.46. The van der Waals surface area contributed by atoms with Gasteiger partial charge in [-0.2, -0.15) is 8.42 Å². The van der Waals surface area contributed by atoms with Crippen molar-refractivity contribution in [2.45, 2.75) is 68.1 Å². The number of ether oxygens (including phenoxy) is 4. The molecule has 10 atom stereocenters. The normalized spacial score (nSPS) is 41.0. The molecule has 2 heterocycles. The standard InChI is InChI=1S/C14H26O16S2/c1-5-8(16)9(17)11(7(25-5)4-24-32(20,21)22)27-14-10(18)13(23-2)12(6(3-15)26-14)28-31-30-29-19/h5-19H,3-4H2,1-2H3,(H,20,21,22)/t5-,6?,7?,8+,9?,10-,11+,12+,13?,14-/m0/s1. The monoisotopic (exact) mass is 514 g/mol. The van der Waals surface area contributed by atoms with Crippen LogP contribution in [0, 0.1) is 0 Å². The second kappa shape index (κ2) is 12.4. The summed E-state index contributed by atoms with van der Waals surface area (Å²) in [7, 11) is -3.65. The predicted molar refractivity (Wildman–Crippen MR) is 98.5 cm³/mol. The highest BCUT2D eigenvalue weighted by molar-refractivity contribution is 7.89. The van der Waals surface area contributed by atoms with Gasteiger partial charge < -0.3 is 39.4 Å². The second-order valence-corrected chi connectivity index (χ2v) is 8.42. The highest BCUT2D eigenvalue weighted by Crippen LogP contribution is 2.32. The van der Waals surface area contributed by atoms with Crippen LogP contribution in [-0.2, 0) is 47.1 Å². The van der Waals surface area contributed by atoms with Crippen LogP contribution in [0.3, 0.4) is 0 Å². The van der Waals surface area contributed by atoms with E-state index in [4.69, 9.17) is 32.9 Å². The Balaban J connectivity index is 2.18. The third kappa shape index (κ3) is 7.12. The molecule has 18 heteroatoms. The quantitative estimate of drug-likeness (QED) is 0.0536. The van der Waals surface area contributed by atoms with Crippen molar-refractivity contribution in [2.24, 2.45) is 0 Å². The van der Waals surface area contributed by atoms with E-state index >= 15 is 0 Å². The fourth-order valence-corrected chi connectivity index (χ4v) is 4.04. The summed E-state index contributed by atoms with van der Waals surface area (Å²) in [5.74, 6) is 0. The summed E-state index contributed by atoms with van der Waals surface area (Å²) in [6.07, 6.45) is -13.6. The Morgan fingerprint density at radius 2 is 1.69 bits per heavy atom. The van der Waals surface area contributed by atoms with Crippen LogP contribution in [-0.4, -0.2) is 120 Å². The minimum absolute atomic E-state index is 0.162. The molecular weight excluding hydrogens is 488 g/mol. The maximum atomic E-state index is 10.9. The smallest absolute Gasteiger partial charge is 0.394 e. The highest BCUT2D eigenvalue weighted by Gasteiger charge is 2.51. The fraction of sp³-hybridized carbons (Fsp3) is 1.00. The van der Waals surface area contributed by atoms with Crippen molar-refractivity contribution in [1.29, 1.82) is 0 Å². The molecule has 6 N–H and O–H groups in total. The molecule has 190 valence electrons. The van der Waals surface area contributed by atoms with Gasteiger partial charge >= 0.3 is 10.4 Å². The van der Waals surface area contributed by atoms with Crippen LogP contribution >= 0.6 is 12.3 Å². The first-order valence-corrected chi connectivity index (χ1v) is 11.1. The minimum atomic E-state index is -4.86. The van der Waals surface area contributed by atoms with Gasteiger partial charge in [0.1, 0.15) is 48.8 Å². The van der Waals surface area contributed by atoms with Crippen LogP contribution in [0.2, 0.25) is 0 Å². The van der Waals surface area contributed by atoms with Crippen LogP contribution in [0.1, 0.15) is 6.92 Å². The molecule has 0 aromatic heterocycles. The average molecular weight is 514 g/mol.